The SMILES string of the molecule is CC/C=C\C/C=C\C/C=C\C/C=C\C/C=C\C/C=C\C/C=C\C/C=C\C/C=C\C/C=C\C/C=C\C/C=C\CCCCCCC(=O)NC(COC1OC(CO)C(O)C(O)C1O)C(O)/C=C/CCCCCCCCCCCCCCCCCCCCCCCCCCC. The Labute approximate surface area is 558 Å². The normalized spacial score (nSPS) is 18.7. The second kappa shape index (κ2) is 68.7. The molecule has 9 nitrogen and oxygen atoms in total. The van der Waals surface area contributed by atoms with E-state index < -0.39 is 49.5 Å². The molecule has 1 aliphatic rings. The Hall–Kier alpha value is -4.19. The number of hydrogen-bond donors (Lipinski definition) is 6. The van der Waals surface area contributed by atoms with Gasteiger partial charge in [0.25, 0.3) is 0 Å². The molecule has 7 atom stereocenters. The molecule has 1 amide bonds. The van der Waals surface area contributed by atoms with Crippen LogP contribution in [0.5, 0.6) is 0 Å². The quantitative estimate of drug-likeness (QED) is 0.0261. The van der Waals surface area contributed by atoms with Gasteiger partial charge in [0.2, 0.25) is 5.91 Å². The number of aliphatic hydroxyl groups excluding tert-OH is 5. The lowest BCUT2D eigenvalue weighted by atomic mass is 9.99. The van der Waals surface area contributed by atoms with Gasteiger partial charge in [-0.1, -0.05) is 339 Å². The molecule has 0 bridgehead atoms. The average Bonchev–Trinajstić information content (AvgIpc) is 1.58. The molecule has 0 radical (unpaired) electrons. The van der Waals surface area contributed by atoms with Crippen LogP contribution in [0.4, 0.5) is 0 Å². The highest BCUT2D eigenvalue weighted by atomic mass is 16.7. The Morgan fingerprint density at radius 1 is 0.385 bits per heavy atom. The van der Waals surface area contributed by atoms with E-state index >= 15 is 0 Å². The highest BCUT2D eigenvalue weighted by Crippen LogP contribution is 2.23. The van der Waals surface area contributed by atoms with Crippen LogP contribution in [-0.2, 0) is 14.3 Å². The van der Waals surface area contributed by atoms with E-state index in [1.807, 2.05) is 6.08 Å². The molecule has 7 unspecified atom stereocenters. The van der Waals surface area contributed by atoms with E-state index in [2.05, 4.69) is 165 Å². The van der Waals surface area contributed by atoms with E-state index in [1.165, 1.54) is 148 Å². The zero-order valence-electron chi connectivity index (χ0n) is 58.0. The first-order valence-corrected chi connectivity index (χ1v) is 37.2. The van der Waals surface area contributed by atoms with Crippen molar-refractivity contribution in [3.05, 3.63) is 158 Å². The number of unbranched alkanes of at least 4 members (excludes halogenated alkanes) is 29. The Morgan fingerprint density at radius 2 is 0.681 bits per heavy atom. The molecule has 0 aromatic rings. The minimum Gasteiger partial charge on any atom is -0.394 e. The first kappa shape index (κ1) is 84.8. The summed E-state index contributed by atoms with van der Waals surface area (Å²) in [5.41, 5.74) is 0. The molecule has 1 rings (SSSR count). The molecule has 1 heterocycles. The lowest BCUT2D eigenvalue weighted by Crippen LogP contribution is -2.60. The van der Waals surface area contributed by atoms with Gasteiger partial charge < -0.3 is 40.3 Å². The van der Waals surface area contributed by atoms with Gasteiger partial charge >= 0.3 is 0 Å². The van der Waals surface area contributed by atoms with Crippen LogP contribution in [0.25, 0.3) is 0 Å². The van der Waals surface area contributed by atoms with Crippen molar-refractivity contribution < 1.29 is 39.8 Å². The number of ether oxygens (including phenoxy) is 2. The van der Waals surface area contributed by atoms with Crippen LogP contribution >= 0.6 is 0 Å². The number of nitrogens with one attached hydrogen (secondary N) is 1. The van der Waals surface area contributed by atoms with Crippen molar-refractivity contribution in [3.8, 4) is 0 Å². The van der Waals surface area contributed by atoms with Crippen molar-refractivity contribution in [1.29, 1.82) is 0 Å². The smallest absolute Gasteiger partial charge is 0.220 e. The lowest BCUT2D eigenvalue weighted by molar-refractivity contribution is -0.302. The summed E-state index contributed by atoms with van der Waals surface area (Å²) in [6, 6.07) is -0.832. The van der Waals surface area contributed by atoms with Crippen molar-refractivity contribution >= 4 is 5.91 Å². The van der Waals surface area contributed by atoms with Gasteiger partial charge in [0.1, 0.15) is 24.4 Å². The van der Waals surface area contributed by atoms with Gasteiger partial charge in [0.15, 0.2) is 6.29 Å². The summed E-state index contributed by atoms with van der Waals surface area (Å²) < 4.78 is 11.3. The fourth-order valence-electron chi connectivity index (χ4n) is 10.8. The molecule has 6 N–H and O–H groups in total. The number of carbonyl (C=O) groups is 1. The molecule has 0 saturated carbocycles. The summed E-state index contributed by atoms with van der Waals surface area (Å²) >= 11 is 0. The summed E-state index contributed by atoms with van der Waals surface area (Å²) in [4.78, 5) is 13.1. The fraction of sp³-hybridized carbons (Fsp3) is 0.671. The van der Waals surface area contributed by atoms with E-state index in [9.17, 15) is 30.3 Å². The Morgan fingerprint density at radius 3 is 1.01 bits per heavy atom. The first-order chi connectivity index (χ1) is 44.8. The third-order valence-electron chi connectivity index (χ3n) is 16.6. The largest absolute Gasteiger partial charge is 0.394 e. The number of allylic oxidation sites excluding steroid dienone is 25. The fourth-order valence-corrected chi connectivity index (χ4v) is 10.8. The number of hydrogen-bond acceptors (Lipinski definition) is 8. The van der Waals surface area contributed by atoms with Crippen molar-refractivity contribution in [2.45, 2.75) is 339 Å². The number of amides is 1. The molecule has 518 valence electrons. The molecular formula is C82H137NO8. The Kier molecular flexibility index (Phi) is 64.0. The van der Waals surface area contributed by atoms with Crippen LogP contribution in [0.3, 0.4) is 0 Å². The minimum atomic E-state index is -1.58. The summed E-state index contributed by atoms with van der Waals surface area (Å²) in [5, 5.41) is 54.8. The zero-order chi connectivity index (χ0) is 65.7. The predicted molar refractivity (Wildman–Crippen MR) is 391 cm³/mol. The minimum absolute atomic E-state index is 0.204. The van der Waals surface area contributed by atoms with Gasteiger partial charge in [0.05, 0.1) is 25.4 Å². The van der Waals surface area contributed by atoms with Crippen molar-refractivity contribution in [2.75, 3.05) is 13.2 Å². The van der Waals surface area contributed by atoms with E-state index in [1.54, 1.807) is 6.08 Å². The summed E-state index contributed by atoms with van der Waals surface area (Å²) in [6.45, 7) is 3.67. The zero-order valence-corrected chi connectivity index (χ0v) is 58.0. The molecule has 0 aliphatic carbocycles. The molecule has 0 spiro atoms. The van der Waals surface area contributed by atoms with Crippen LogP contribution in [0.1, 0.15) is 296 Å². The molecule has 0 aromatic carbocycles. The van der Waals surface area contributed by atoms with E-state index in [0.29, 0.717) is 6.42 Å². The van der Waals surface area contributed by atoms with E-state index in [0.717, 1.165) is 128 Å². The van der Waals surface area contributed by atoms with Gasteiger partial charge in [-0.05, 0) is 109 Å². The van der Waals surface area contributed by atoms with Gasteiger partial charge in [-0.15, -0.1) is 0 Å². The highest BCUT2D eigenvalue weighted by molar-refractivity contribution is 5.76. The second-order valence-corrected chi connectivity index (χ2v) is 25.0. The summed E-state index contributed by atoms with van der Waals surface area (Å²) in [5.74, 6) is -0.204. The van der Waals surface area contributed by atoms with Crippen LogP contribution in [0, 0.1) is 0 Å². The van der Waals surface area contributed by atoms with Crippen molar-refractivity contribution in [2.24, 2.45) is 0 Å². The molecule has 1 saturated heterocycles. The van der Waals surface area contributed by atoms with E-state index in [4.69, 9.17) is 9.47 Å². The van der Waals surface area contributed by atoms with Crippen molar-refractivity contribution in [1.82, 2.24) is 5.32 Å². The number of rotatable bonds is 63. The third kappa shape index (κ3) is 57.0. The lowest BCUT2D eigenvalue weighted by Gasteiger charge is -2.40. The van der Waals surface area contributed by atoms with Crippen molar-refractivity contribution in [3.63, 3.8) is 0 Å². The summed E-state index contributed by atoms with van der Waals surface area (Å²) in [7, 11) is 0. The molecule has 9 heteroatoms. The molecule has 1 aliphatic heterocycles. The van der Waals surface area contributed by atoms with Gasteiger partial charge in [-0.25, -0.2) is 0 Å². The number of carbonyl (C=O) groups excluding carboxylic acids is 1. The number of aliphatic hydroxyl groups is 5. The standard InChI is InChI=1S/C82H137NO8/c1-3-5-7-9-11-13-15-17-19-21-23-25-27-29-31-32-33-34-35-36-37-38-39-40-41-42-43-44-46-48-50-52-54-56-58-60-62-64-66-68-70-72-78(86)83-75(74-90-82-81(89)80(88)79(87)77(73-84)91-82)76(85)71-69-67-65-63-61-59-57-55-53-51-49-47-45-30-28-26-24-22-20-18-16-14-12-10-8-6-4-2/h5,7,11,13,17,19,23,25,29,31,33-34,36-37,39-40,42-43,46,48,52,54,58,60,69,71,75-77,79-82,84-85,87-89H,3-4,6,8-10,12,14-16,18,20-22,24,26-28,30,32,35,38,41,44-45,47,49-51,53,55-57,59,61-68,70,72-74H2,1-2H3,(H,83,86)/b7-5-,13-11-,19-17-,25-23-,31-29-,34-33-,37-36-,40-39-,43-42-,48-46-,54-52-,60-58-,71-69+. The molecular weight excluding hydrogens is 1130 g/mol. The summed E-state index contributed by atoms with van der Waals surface area (Å²) in [6.07, 6.45) is 101. The van der Waals surface area contributed by atoms with Gasteiger partial charge in [0, 0.05) is 6.42 Å². The second-order valence-electron chi connectivity index (χ2n) is 25.0. The van der Waals surface area contributed by atoms with E-state index in [-0.39, 0.29) is 12.5 Å². The maximum Gasteiger partial charge on any atom is 0.220 e. The molecule has 1 fully saturated rings. The van der Waals surface area contributed by atoms with Gasteiger partial charge in [-0.2, -0.15) is 0 Å². The van der Waals surface area contributed by atoms with Crippen LogP contribution < -0.4 is 5.32 Å². The topological polar surface area (TPSA) is 149 Å². The van der Waals surface area contributed by atoms with Crippen LogP contribution in [0.15, 0.2) is 158 Å². The highest BCUT2D eigenvalue weighted by Gasteiger charge is 2.44. The Balaban J connectivity index is 2.18. The molecule has 0 aromatic heterocycles. The van der Waals surface area contributed by atoms with Crippen LogP contribution in [-0.4, -0.2) is 87.5 Å². The maximum absolute atomic E-state index is 13.1. The van der Waals surface area contributed by atoms with Crippen LogP contribution in [0.2, 0.25) is 0 Å². The third-order valence-corrected chi connectivity index (χ3v) is 16.6. The molecule has 91 heavy (non-hydrogen) atoms. The predicted octanol–water partition coefficient (Wildman–Crippen LogP) is 21.1. The maximum atomic E-state index is 13.1. The van der Waals surface area contributed by atoms with Gasteiger partial charge in [-0.3, -0.25) is 4.79 Å². The average molecular weight is 1260 g/mol. The Bertz CT molecular complexity index is 2000. The monoisotopic (exact) mass is 1260 g/mol. The first-order valence-electron chi connectivity index (χ1n) is 37.2.